The molecule has 6 nitrogen and oxygen atoms in total. The van der Waals surface area contributed by atoms with Crippen molar-refractivity contribution in [2.45, 2.75) is 19.6 Å². The maximum atomic E-state index is 12.5. The van der Waals surface area contributed by atoms with Crippen LogP contribution in [0, 0.1) is 0 Å². The first-order valence-corrected chi connectivity index (χ1v) is 7.97. The Bertz CT molecular complexity index is 951. The molecular weight excluding hydrogens is 363 g/mol. The average Bonchev–Trinajstić information content (AvgIpc) is 2.97. The Hall–Kier alpha value is -3.07. The molecule has 9 heteroatoms. The summed E-state index contributed by atoms with van der Waals surface area (Å²) in [5.74, 6) is -0.760. The molecule has 27 heavy (non-hydrogen) atoms. The summed E-state index contributed by atoms with van der Waals surface area (Å²) in [6, 6.07) is 14.8. The van der Waals surface area contributed by atoms with Gasteiger partial charge in [0, 0.05) is 17.7 Å². The number of ether oxygens (including phenoxy) is 1. The second kappa shape index (κ2) is 7.67. The van der Waals surface area contributed by atoms with Gasteiger partial charge in [0.15, 0.2) is 0 Å². The summed E-state index contributed by atoms with van der Waals surface area (Å²) >= 11 is 0. The summed E-state index contributed by atoms with van der Waals surface area (Å²) in [6.07, 6.45) is -4.78. The highest BCUT2D eigenvalue weighted by Gasteiger charge is 2.32. The summed E-state index contributed by atoms with van der Waals surface area (Å²) in [4.78, 5) is 13.6. The molecule has 0 atom stereocenters. The lowest BCUT2D eigenvalue weighted by atomic mass is 10.2. The van der Waals surface area contributed by atoms with Gasteiger partial charge < -0.3 is 9.15 Å². The van der Waals surface area contributed by atoms with Crippen molar-refractivity contribution in [1.82, 2.24) is 14.7 Å². The maximum absolute atomic E-state index is 12.5. The quantitative estimate of drug-likeness (QED) is 0.656. The molecule has 0 unspecified atom stereocenters. The molecule has 0 fully saturated rings. The van der Waals surface area contributed by atoms with E-state index in [-0.39, 0.29) is 24.9 Å². The monoisotopic (exact) mass is 379 g/mol. The SMILES string of the molecule is CN(Cc1ccccc1OC(F)(F)F)Cn1nc(-c2ccccc2)oc1=O. The van der Waals surface area contributed by atoms with Crippen molar-refractivity contribution in [2.24, 2.45) is 0 Å². The van der Waals surface area contributed by atoms with Crippen LogP contribution in [0.3, 0.4) is 0 Å². The number of aromatic nitrogens is 2. The summed E-state index contributed by atoms with van der Waals surface area (Å²) in [5.41, 5.74) is 0.983. The molecule has 1 heterocycles. The summed E-state index contributed by atoms with van der Waals surface area (Å²) in [6.45, 7) is 0.155. The van der Waals surface area contributed by atoms with Gasteiger partial charge in [-0.05, 0) is 25.2 Å². The standard InChI is InChI=1S/C18H16F3N3O3/c1-23(11-14-9-5-6-10-15(14)27-18(19,20)21)12-24-17(25)26-16(22-24)13-7-3-2-4-8-13/h2-10H,11-12H2,1H3. The minimum atomic E-state index is -4.78. The van der Waals surface area contributed by atoms with Gasteiger partial charge in [0.25, 0.3) is 0 Å². The van der Waals surface area contributed by atoms with Gasteiger partial charge in [-0.3, -0.25) is 4.90 Å². The van der Waals surface area contributed by atoms with Crippen molar-refractivity contribution in [3.05, 3.63) is 70.7 Å². The minimum Gasteiger partial charge on any atom is -0.405 e. The van der Waals surface area contributed by atoms with E-state index in [9.17, 15) is 18.0 Å². The van der Waals surface area contributed by atoms with Crippen LogP contribution in [0.1, 0.15) is 5.56 Å². The minimum absolute atomic E-state index is 0.0372. The second-order valence-electron chi connectivity index (χ2n) is 5.85. The zero-order valence-electron chi connectivity index (χ0n) is 14.3. The van der Waals surface area contributed by atoms with Gasteiger partial charge in [-0.1, -0.05) is 36.4 Å². The van der Waals surface area contributed by atoms with Crippen LogP contribution in [0.25, 0.3) is 11.5 Å². The Morgan fingerprint density at radius 2 is 1.78 bits per heavy atom. The van der Waals surface area contributed by atoms with Gasteiger partial charge in [-0.2, -0.15) is 4.68 Å². The molecule has 0 radical (unpaired) electrons. The van der Waals surface area contributed by atoms with Gasteiger partial charge in [0.1, 0.15) is 12.4 Å². The predicted octanol–water partition coefficient (Wildman–Crippen LogP) is 3.49. The number of halogens is 3. The van der Waals surface area contributed by atoms with Crippen LogP contribution in [0.4, 0.5) is 13.2 Å². The first-order chi connectivity index (χ1) is 12.8. The molecule has 0 saturated heterocycles. The third-order valence-electron chi connectivity index (χ3n) is 3.64. The van der Waals surface area contributed by atoms with E-state index in [0.29, 0.717) is 11.1 Å². The third-order valence-corrected chi connectivity index (χ3v) is 3.64. The highest BCUT2D eigenvalue weighted by atomic mass is 19.4. The molecule has 0 aliphatic carbocycles. The lowest BCUT2D eigenvalue weighted by Gasteiger charge is -2.18. The fourth-order valence-electron chi connectivity index (χ4n) is 2.52. The van der Waals surface area contributed by atoms with Crippen LogP contribution in [-0.4, -0.2) is 28.1 Å². The average molecular weight is 379 g/mol. The molecular formula is C18H16F3N3O3. The zero-order chi connectivity index (χ0) is 19.4. The van der Waals surface area contributed by atoms with E-state index in [1.165, 1.54) is 18.2 Å². The van der Waals surface area contributed by atoms with Crippen molar-refractivity contribution in [3.8, 4) is 17.2 Å². The first kappa shape index (κ1) is 18.7. The van der Waals surface area contributed by atoms with Crippen LogP contribution in [0.5, 0.6) is 5.75 Å². The molecule has 0 N–H and O–H groups in total. The third kappa shape index (κ3) is 4.98. The largest absolute Gasteiger partial charge is 0.573 e. The number of rotatable bonds is 6. The Morgan fingerprint density at radius 1 is 1.11 bits per heavy atom. The molecule has 0 bridgehead atoms. The number of alkyl halides is 3. The van der Waals surface area contributed by atoms with Crippen molar-refractivity contribution < 1.29 is 22.3 Å². The molecule has 0 aliphatic heterocycles. The Labute approximate surface area is 152 Å². The predicted molar refractivity (Wildman–Crippen MR) is 90.8 cm³/mol. The highest BCUT2D eigenvalue weighted by Crippen LogP contribution is 2.27. The van der Waals surface area contributed by atoms with Crippen molar-refractivity contribution in [1.29, 1.82) is 0 Å². The van der Waals surface area contributed by atoms with Crippen LogP contribution in [0.2, 0.25) is 0 Å². The van der Waals surface area contributed by atoms with E-state index in [1.54, 1.807) is 42.3 Å². The fraction of sp³-hybridized carbons (Fsp3) is 0.222. The maximum Gasteiger partial charge on any atom is 0.573 e. The number of hydrogen-bond donors (Lipinski definition) is 0. The molecule has 3 aromatic rings. The number of nitrogens with zero attached hydrogens (tertiary/aromatic N) is 3. The van der Waals surface area contributed by atoms with E-state index in [2.05, 4.69) is 9.84 Å². The molecule has 3 rings (SSSR count). The van der Waals surface area contributed by atoms with Gasteiger partial charge in [0.2, 0.25) is 5.89 Å². The lowest BCUT2D eigenvalue weighted by molar-refractivity contribution is -0.275. The smallest absolute Gasteiger partial charge is 0.405 e. The van der Waals surface area contributed by atoms with Gasteiger partial charge >= 0.3 is 12.1 Å². The van der Waals surface area contributed by atoms with E-state index < -0.39 is 12.1 Å². The van der Waals surface area contributed by atoms with Crippen LogP contribution >= 0.6 is 0 Å². The topological polar surface area (TPSA) is 60.5 Å². The number of para-hydroxylation sites is 1. The second-order valence-corrected chi connectivity index (χ2v) is 5.85. The molecule has 2 aromatic carbocycles. The summed E-state index contributed by atoms with van der Waals surface area (Å²) in [7, 11) is 1.65. The summed E-state index contributed by atoms with van der Waals surface area (Å²) in [5, 5.41) is 4.13. The van der Waals surface area contributed by atoms with Crippen LogP contribution < -0.4 is 10.5 Å². The molecule has 0 spiro atoms. The molecule has 142 valence electrons. The van der Waals surface area contributed by atoms with E-state index in [4.69, 9.17) is 4.42 Å². The number of benzene rings is 2. The Kier molecular flexibility index (Phi) is 5.31. The van der Waals surface area contributed by atoms with Crippen molar-refractivity contribution in [2.75, 3.05) is 7.05 Å². The van der Waals surface area contributed by atoms with Crippen molar-refractivity contribution in [3.63, 3.8) is 0 Å². The van der Waals surface area contributed by atoms with Gasteiger partial charge in [-0.15, -0.1) is 18.3 Å². The highest BCUT2D eigenvalue weighted by molar-refractivity contribution is 5.51. The molecule has 0 aliphatic rings. The Balaban J connectivity index is 1.73. The molecule has 0 saturated carbocycles. The van der Waals surface area contributed by atoms with Crippen LogP contribution in [-0.2, 0) is 13.2 Å². The van der Waals surface area contributed by atoms with E-state index in [0.717, 1.165) is 4.68 Å². The van der Waals surface area contributed by atoms with E-state index in [1.807, 2.05) is 6.07 Å². The fourth-order valence-corrected chi connectivity index (χ4v) is 2.52. The van der Waals surface area contributed by atoms with Crippen LogP contribution in [0.15, 0.2) is 63.8 Å². The normalized spacial score (nSPS) is 11.7. The zero-order valence-corrected chi connectivity index (χ0v) is 14.3. The van der Waals surface area contributed by atoms with E-state index >= 15 is 0 Å². The van der Waals surface area contributed by atoms with Crippen molar-refractivity contribution >= 4 is 0 Å². The molecule has 1 aromatic heterocycles. The number of hydrogen-bond acceptors (Lipinski definition) is 5. The van der Waals surface area contributed by atoms with Gasteiger partial charge in [0.05, 0.1) is 0 Å². The lowest BCUT2D eigenvalue weighted by Crippen LogP contribution is -2.28. The summed E-state index contributed by atoms with van der Waals surface area (Å²) < 4.78 is 47.8. The Morgan fingerprint density at radius 3 is 2.48 bits per heavy atom. The van der Waals surface area contributed by atoms with Gasteiger partial charge in [-0.25, -0.2) is 4.79 Å². The molecule has 0 amide bonds. The first-order valence-electron chi connectivity index (χ1n) is 7.97.